The second-order valence-corrected chi connectivity index (χ2v) is 6.96. The lowest BCUT2D eigenvalue weighted by Gasteiger charge is -2.27. The van der Waals surface area contributed by atoms with Gasteiger partial charge in [-0.1, -0.05) is 24.3 Å². The number of fused-ring (bicyclic) bond motifs is 2. The van der Waals surface area contributed by atoms with Crippen LogP contribution in [0.4, 0.5) is 10.5 Å². The number of para-hydroxylation sites is 1. The quantitative estimate of drug-likeness (QED) is 0.703. The average molecular weight is 375 g/mol. The Morgan fingerprint density at radius 1 is 1.07 bits per heavy atom. The molecular weight excluding hydrogens is 354 g/mol. The molecule has 142 valence electrons. The van der Waals surface area contributed by atoms with E-state index in [9.17, 15) is 4.79 Å². The maximum Gasteiger partial charge on any atom is 0.322 e. The Bertz CT molecular complexity index is 1070. The number of hydrogen-bond acceptors (Lipinski definition) is 3. The first-order valence-electron chi connectivity index (χ1n) is 9.49. The highest BCUT2D eigenvalue weighted by Gasteiger charge is 2.20. The molecule has 0 bridgehead atoms. The Morgan fingerprint density at radius 2 is 1.93 bits per heavy atom. The minimum atomic E-state index is -0.106. The lowest BCUT2D eigenvalue weighted by Crippen LogP contribution is -2.37. The minimum Gasteiger partial charge on any atom is -0.486 e. The highest BCUT2D eigenvalue weighted by molar-refractivity contribution is 5.94. The van der Waals surface area contributed by atoms with E-state index in [-0.39, 0.29) is 6.03 Å². The van der Waals surface area contributed by atoms with Crippen molar-refractivity contribution in [3.05, 3.63) is 60.3 Å². The molecule has 2 aliphatic heterocycles. The molecular formula is C22H21N3O3. The Labute approximate surface area is 162 Å². The van der Waals surface area contributed by atoms with Crippen molar-refractivity contribution in [1.29, 1.82) is 0 Å². The summed E-state index contributed by atoms with van der Waals surface area (Å²) >= 11 is 0. The first-order chi connectivity index (χ1) is 13.8. The molecule has 1 aromatic heterocycles. The number of aromatic nitrogens is 1. The highest BCUT2D eigenvalue weighted by Crippen LogP contribution is 2.33. The van der Waals surface area contributed by atoms with Crippen molar-refractivity contribution >= 4 is 28.2 Å². The third-order valence-electron chi connectivity index (χ3n) is 5.22. The molecule has 6 heteroatoms. The fourth-order valence-corrected chi connectivity index (χ4v) is 3.76. The molecule has 0 saturated heterocycles. The molecule has 0 fully saturated rings. The summed E-state index contributed by atoms with van der Waals surface area (Å²) in [6, 6.07) is 13.7. The topological polar surface area (TPSA) is 66.6 Å². The molecule has 2 N–H and O–H groups in total. The first kappa shape index (κ1) is 16.7. The number of aromatic amines is 1. The molecule has 2 aliphatic rings. The Kier molecular flexibility index (Phi) is 4.16. The molecule has 0 unspecified atom stereocenters. The third-order valence-corrected chi connectivity index (χ3v) is 5.22. The summed E-state index contributed by atoms with van der Waals surface area (Å²) in [6.45, 7) is 2.35. The van der Waals surface area contributed by atoms with Crippen LogP contribution >= 0.6 is 0 Å². The molecule has 2 aromatic carbocycles. The molecule has 5 rings (SSSR count). The SMILES string of the molecule is O=C(Nc1ccc2c(c1)OCCO2)N1CC=C(c2c[nH]c3ccccc23)CC1. The number of nitrogens with one attached hydrogen (secondary N) is 2. The molecule has 0 radical (unpaired) electrons. The van der Waals surface area contributed by atoms with E-state index in [1.165, 1.54) is 16.5 Å². The van der Waals surface area contributed by atoms with Crippen LogP contribution in [0.1, 0.15) is 12.0 Å². The van der Waals surface area contributed by atoms with Crippen molar-refractivity contribution in [1.82, 2.24) is 9.88 Å². The first-order valence-corrected chi connectivity index (χ1v) is 9.49. The largest absolute Gasteiger partial charge is 0.486 e. The van der Waals surface area contributed by atoms with E-state index >= 15 is 0 Å². The van der Waals surface area contributed by atoms with E-state index in [2.05, 4.69) is 40.8 Å². The molecule has 3 heterocycles. The number of urea groups is 1. The van der Waals surface area contributed by atoms with Gasteiger partial charge in [-0.25, -0.2) is 4.79 Å². The van der Waals surface area contributed by atoms with Gasteiger partial charge < -0.3 is 24.7 Å². The standard InChI is InChI=1S/C22H21N3O3/c26-22(24-16-5-6-20-21(13-16)28-12-11-27-20)25-9-7-15(8-10-25)18-14-23-19-4-2-1-3-17(18)19/h1-7,13-14,23H,8-12H2,(H,24,26). The predicted octanol–water partition coefficient (Wildman–Crippen LogP) is 4.26. The monoisotopic (exact) mass is 375 g/mol. The van der Waals surface area contributed by atoms with Crippen molar-refractivity contribution in [3.8, 4) is 11.5 Å². The van der Waals surface area contributed by atoms with Gasteiger partial charge in [0.25, 0.3) is 0 Å². The normalized spacial score (nSPS) is 16.0. The minimum absolute atomic E-state index is 0.106. The van der Waals surface area contributed by atoms with Crippen LogP contribution in [0, 0.1) is 0 Å². The lowest BCUT2D eigenvalue weighted by molar-refractivity contribution is 0.171. The number of nitrogens with zero attached hydrogens (tertiary/aromatic N) is 1. The summed E-state index contributed by atoms with van der Waals surface area (Å²) in [5, 5.41) is 4.18. The smallest absolute Gasteiger partial charge is 0.322 e. The van der Waals surface area contributed by atoms with Gasteiger partial charge in [0, 0.05) is 47.5 Å². The highest BCUT2D eigenvalue weighted by atomic mass is 16.6. The second-order valence-electron chi connectivity index (χ2n) is 6.96. The van der Waals surface area contributed by atoms with Crippen molar-refractivity contribution in [2.45, 2.75) is 6.42 Å². The van der Waals surface area contributed by atoms with Crippen molar-refractivity contribution in [2.75, 3.05) is 31.6 Å². The molecule has 0 atom stereocenters. The molecule has 0 saturated carbocycles. The van der Waals surface area contributed by atoms with E-state index in [0.717, 1.165) is 11.9 Å². The third kappa shape index (κ3) is 3.07. The Morgan fingerprint density at radius 3 is 2.79 bits per heavy atom. The number of ether oxygens (including phenoxy) is 2. The Hall–Kier alpha value is -3.41. The number of anilines is 1. The van der Waals surface area contributed by atoms with E-state index in [1.807, 2.05) is 29.2 Å². The molecule has 0 spiro atoms. The van der Waals surface area contributed by atoms with Gasteiger partial charge in [0.2, 0.25) is 0 Å². The number of carbonyl (C=O) groups is 1. The van der Waals surface area contributed by atoms with Gasteiger partial charge in [0.15, 0.2) is 11.5 Å². The van der Waals surface area contributed by atoms with Crippen LogP contribution in [0.5, 0.6) is 11.5 Å². The predicted molar refractivity (Wildman–Crippen MR) is 109 cm³/mol. The summed E-state index contributed by atoms with van der Waals surface area (Å²) in [6.07, 6.45) is 5.03. The summed E-state index contributed by atoms with van der Waals surface area (Å²) in [4.78, 5) is 17.8. The number of benzene rings is 2. The van der Waals surface area contributed by atoms with Crippen LogP contribution in [-0.2, 0) is 0 Å². The summed E-state index contributed by atoms with van der Waals surface area (Å²) in [5.41, 5.74) is 4.35. The van der Waals surface area contributed by atoms with Gasteiger partial charge >= 0.3 is 6.03 Å². The number of amides is 2. The van der Waals surface area contributed by atoms with Crippen LogP contribution in [0.3, 0.4) is 0 Å². The maximum absolute atomic E-state index is 12.6. The molecule has 3 aromatic rings. The van der Waals surface area contributed by atoms with Crippen LogP contribution in [0.2, 0.25) is 0 Å². The zero-order chi connectivity index (χ0) is 18.9. The number of rotatable bonds is 2. The molecule has 2 amide bonds. The molecule has 6 nitrogen and oxygen atoms in total. The van der Waals surface area contributed by atoms with Gasteiger partial charge in [0.05, 0.1) is 0 Å². The van der Waals surface area contributed by atoms with Gasteiger partial charge in [-0.3, -0.25) is 0 Å². The van der Waals surface area contributed by atoms with Crippen LogP contribution in [-0.4, -0.2) is 42.2 Å². The average Bonchev–Trinajstić information content (AvgIpc) is 3.18. The van der Waals surface area contributed by atoms with E-state index in [1.54, 1.807) is 0 Å². The summed E-state index contributed by atoms with van der Waals surface area (Å²) in [7, 11) is 0. The number of H-pyrrole nitrogens is 1. The summed E-state index contributed by atoms with van der Waals surface area (Å²) < 4.78 is 11.1. The van der Waals surface area contributed by atoms with Crippen LogP contribution < -0.4 is 14.8 Å². The zero-order valence-corrected chi connectivity index (χ0v) is 15.4. The van der Waals surface area contributed by atoms with Crippen molar-refractivity contribution < 1.29 is 14.3 Å². The van der Waals surface area contributed by atoms with Crippen molar-refractivity contribution in [3.63, 3.8) is 0 Å². The lowest BCUT2D eigenvalue weighted by atomic mass is 9.99. The van der Waals surface area contributed by atoms with Gasteiger partial charge in [-0.05, 0) is 30.2 Å². The number of carbonyl (C=O) groups excluding carboxylic acids is 1. The van der Waals surface area contributed by atoms with Gasteiger partial charge in [0.1, 0.15) is 13.2 Å². The zero-order valence-electron chi connectivity index (χ0n) is 15.4. The van der Waals surface area contributed by atoms with E-state index in [4.69, 9.17) is 9.47 Å². The Balaban J connectivity index is 1.28. The van der Waals surface area contributed by atoms with E-state index in [0.29, 0.717) is 43.5 Å². The fraction of sp³-hybridized carbons (Fsp3) is 0.227. The maximum atomic E-state index is 12.6. The van der Waals surface area contributed by atoms with Crippen LogP contribution in [0.25, 0.3) is 16.5 Å². The van der Waals surface area contributed by atoms with Crippen molar-refractivity contribution in [2.24, 2.45) is 0 Å². The van der Waals surface area contributed by atoms with Crippen LogP contribution in [0.15, 0.2) is 54.7 Å². The second kappa shape index (κ2) is 6.96. The van der Waals surface area contributed by atoms with Gasteiger partial charge in [-0.2, -0.15) is 0 Å². The fourth-order valence-electron chi connectivity index (χ4n) is 3.76. The van der Waals surface area contributed by atoms with Gasteiger partial charge in [-0.15, -0.1) is 0 Å². The molecule has 28 heavy (non-hydrogen) atoms. The molecule has 0 aliphatic carbocycles. The number of hydrogen-bond donors (Lipinski definition) is 2. The van der Waals surface area contributed by atoms with E-state index < -0.39 is 0 Å². The summed E-state index contributed by atoms with van der Waals surface area (Å²) in [5.74, 6) is 1.39.